The van der Waals surface area contributed by atoms with Gasteiger partial charge in [-0.15, -0.1) is 0 Å². The summed E-state index contributed by atoms with van der Waals surface area (Å²) >= 11 is 0. The van der Waals surface area contributed by atoms with E-state index in [1.54, 1.807) is 19.1 Å². The van der Waals surface area contributed by atoms with Crippen LogP contribution in [0.2, 0.25) is 0 Å². The number of benzene rings is 1. The molecule has 1 fully saturated rings. The highest BCUT2D eigenvalue weighted by Crippen LogP contribution is 2.22. The maximum absolute atomic E-state index is 13.5. The van der Waals surface area contributed by atoms with E-state index in [2.05, 4.69) is 5.32 Å². The number of aryl methyl sites for hydroxylation is 1. The molecule has 1 N–H and O–H groups in total. The van der Waals surface area contributed by atoms with Crippen molar-refractivity contribution in [2.45, 2.75) is 51.7 Å². The first-order chi connectivity index (χ1) is 11.3. The van der Waals surface area contributed by atoms with Gasteiger partial charge in [-0.3, -0.25) is 10.1 Å². The summed E-state index contributed by atoms with van der Waals surface area (Å²) < 4.78 is 18.4. The van der Waals surface area contributed by atoms with Crippen LogP contribution in [0, 0.1) is 12.7 Å². The summed E-state index contributed by atoms with van der Waals surface area (Å²) in [6.45, 7) is 6.31. The number of carbonyl (C=O) groups is 2. The molecule has 0 radical (unpaired) electrons. The Balaban J connectivity index is 2.24. The topological polar surface area (TPSA) is 58.6 Å². The zero-order chi connectivity index (χ0) is 17.9. The molecule has 0 bridgehead atoms. The zero-order valence-corrected chi connectivity index (χ0v) is 14.6. The Morgan fingerprint density at radius 3 is 2.71 bits per heavy atom. The molecule has 0 spiro atoms. The van der Waals surface area contributed by atoms with Gasteiger partial charge in [-0.05, 0) is 50.8 Å². The van der Waals surface area contributed by atoms with Gasteiger partial charge in [0.05, 0.1) is 13.2 Å². The maximum Gasteiger partial charge on any atom is 0.327 e. The number of hydrogen-bond donors (Lipinski definition) is 1. The van der Waals surface area contributed by atoms with Crippen LogP contribution < -0.4 is 5.32 Å². The molecule has 1 aliphatic heterocycles. The van der Waals surface area contributed by atoms with E-state index in [4.69, 9.17) is 4.74 Å². The monoisotopic (exact) mass is 336 g/mol. The summed E-state index contributed by atoms with van der Waals surface area (Å²) in [7, 11) is 1.30. The molecule has 0 unspecified atom stereocenters. The van der Waals surface area contributed by atoms with Gasteiger partial charge in [0.25, 0.3) is 0 Å². The Morgan fingerprint density at radius 1 is 1.42 bits per heavy atom. The van der Waals surface area contributed by atoms with Crippen LogP contribution >= 0.6 is 0 Å². The van der Waals surface area contributed by atoms with Gasteiger partial charge >= 0.3 is 5.97 Å². The number of piperidine rings is 1. The van der Waals surface area contributed by atoms with Gasteiger partial charge in [-0.2, -0.15) is 0 Å². The summed E-state index contributed by atoms with van der Waals surface area (Å²) in [6.07, 6.45) is 1.54. The smallest absolute Gasteiger partial charge is 0.327 e. The molecule has 1 aromatic carbocycles. The van der Waals surface area contributed by atoms with E-state index >= 15 is 0 Å². The van der Waals surface area contributed by atoms with Crippen LogP contribution in [0.3, 0.4) is 0 Å². The van der Waals surface area contributed by atoms with Crippen LogP contribution in [0.1, 0.15) is 43.9 Å². The van der Waals surface area contributed by atoms with E-state index in [1.807, 2.05) is 18.7 Å². The third-order valence-electron chi connectivity index (χ3n) is 4.42. The standard InChI is InChI=1S/C18H25FN2O3/c1-11(2)21-9-5-6-15(17(21)22)20-16(18(23)24-4)13-7-8-14(19)12(3)10-13/h7-8,10-11,15-16,20H,5-6,9H2,1-4H3/t15-,16+/m0/s1. The lowest BCUT2D eigenvalue weighted by Gasteiger charge is -2.36. The summed E-state index contributed by atoms with van der Waals surface area (Å²) in [4.78, 5) is 26.6. The number of methoxy groups -OCH3 is 1. The first kappa shape index (κ1) is 18.4. The molecule has 0 aliphatic carbocycles. The quantitative estimate of drug-likeness (QED) is 0.839. The van der Waals surface area contributed by atoms with Crippen molar-refractivity contribution in [3.63, 3.8) is 0 Å². The Kier molecular flexibility index (Phi) is 5.94. The second-order valence-electron chi connectivity index (χ2n) is 6.45. The molecule has 1 saturated heterocycles. The minimum atomic E-state index is -0.796. The van der Waals surface area contributed by atoms with Crippen LogP contribution in [0.25, 0.3) is 0 Å². The van der Waals surface area contributed by atoms with Gasteiger partial charge in [0.2, 0.25) is 5.91 Å². The van der Waals surface area contributed by atoms with Gasteiger partial charge in [0.1, 0.15) is 11.9 Å². The molecule has 24 heavy (non-hydrogen) atoms. The fraction of sp³-hybridized carbons (Fsp3) is 0.556. The van der Waals surface area contributed by atoms with E-state index in [-0.39, 0.29) is 17.8 Å². The number of amides is 1. The molecule has 1 aromatic rings. The molecule has 1 aliphatic rings. The lowest BCUT2D eigenvalue weighted by molar-refractivity contribution is -0.145. The Bertz CT molecular complexity index is 618. The zero-order valence-electron chi connectivity index (χ0n) is 14.6. The lowest BCUT2D eigenvalue weighted by Crippen LogP contribution is -2.54. The number of ether oxygens (including phenoxy) is 1. The first-order valence-corrected chi connectivity index (χ1v) is 8.25. The minimum absolute atomic E-state index is 0.0102. The molecule has 0 saturated carbocycles. The number of rotatable bonds is 5. The third-order valence-corrected chi connectivity index (χ3v) is 4.42. The van der Waals surface area contributed by atoms with Crippen molar-refractivity contribution in [1.29, 1.82) is 0 Å². The second kappa shape index (κ2) is 7.75. The molecular weight excluding hydrogens is 311 g/mol. The van der Waals surface area contributed by atoms with E-state index in [0.717, 1.165) is 13.0 Å². The molecule has 0 aromatic heterocycles. The normalized spacial score (nSPS) is 19.5. The summed E-state index contributed by atoms with van der Waals surface area (Å²) in [5.74, 6) is -0.832. The van der Waals surface area contributed by atoms with Gasteiger partial charge in [-0.25, -0.2) is 9.18 Å². The van der Waals surface area contributed by atoms with Gasteiger partial charge in [0.15, 0.2) is 0 Å². The number of esters is 1. The van der Waals surface area contributed by atoms with Crippen molar-refractivity contribution in [1.82, 2.24) is 10.2 Å². The van der Waals surface area contributed by atoms with Crippen molar-refractivity contribution in [3.05, 3.63) is 35.1 Å². The van der Waals surface area contributed by atoms with Crippen LogP contribution in [0.15, 0.2) is 18.2 Å². The molecule has 2 rings (SSSR count). The van der Waals surface area contributed by atoms with Gasteiger partial charge < -0.3 is 9.64 Å². The van der Waals surface area contributed by atoms with Crippen molar-refractivity contribution < 1.29 is 18.7 Å². The fourth-order valence-electron chi connectivity index (χ4n) is 3.03. The van der Waals surface area contributed by atoms with Crippen LogP contribution in [-0.4, -0.2) is 42.5 Å². The summed E-state index contributed by atoms with van der Waals surface area (Å²) in [5.41, 5.74) is 1.04. The molecular formula is C18H25FN2O3. The number of hydrogen-bond acceptors (Lipinski definition) is 4. The number of likely N-dealkylation sites (tertiary alicyclic amines) is 1. The predicted molar refractivity (Wildman–Crippen MR) is 88.9 cm³/mol. The Hall–Kier alpha value is -1.95. The average Bonchev–Trinajstić information content (AvgIpc) is 2.55. The van der Waals surface area contributed by atoms with Crippen LogP contribution in [0.5, 0.6) is 0 Å². The second-order valence-corrected chi connectivity index (χ2v) is 6.45. The highest BCUT2D eigenvalue weighted by molar-refractivity contribution is 5.84. The van der Waals surface area contributed by atoms with E-state index in [0.29, 0.717) is 17.5 Å². The van der Waals surface area contributed by atoms with Crippen LogP contribution in [-0.2, 0) is 14.3 Å². The number of halogens is 1. The first-order valence-electron chi connectivity index (χ1n) is 8.25. The van der Waals surface area contributed by atoms with Crippen molar-refractivity contribution >= 4 is 11.9 Å². The maximum atomic E-state index is 13.5. The van der Waals surface area contributed by atoms with Gasteiger partial charge in [-0.1, -0.05) is 12.1 Å². The number of nitrogens with one attached hydrogen (secondary N) is 1. The highest BCUT2D eigenvalue weighted by Gasteiger charge is 2.34. The van der Waals surface area contributed by atoms with Gasteiger partial charge in [0, 0.05) is 12.6 Å². The molecule has 2 atom stereocenters. The molecule has 1 amide bonds. The van der Waals surface area contributed by atoms with Crippen molar-refractivity contribution in [2.75, 3.05) is 13.7 Å². The predicted octanol–water partition coefficient (Wildman–Crippen LogP) is 2.34. The molecule has 1 heterocycles. The van der Waals surface area contributed by atoms with Crippen molar-refractivity contribution in [3.8, 4) is 0 Å². The van der Waals surface area contributed by atoms with E-state index < -0.39 is 18.1 Å². The van der Waals surface area contributed by atoms with Crippen molar-refractivity contribution in [2.24, 2.45) is 0 Å². The molecule has 5 nitrogen and oxygen atoms in total. The molecule has 132 valence electrons. The fourth-order valence-corrected chi connectivity index (χ4v) is 3.03. The average molecular weight is 336 g/mol. The lowest BCUT2D eigenvalue weighted by atomic mass is 9.99. The largest absolute Gasteiger partial charge is 0.468 e. The van der Waals surface area contributed by atoms with Crippen LogP contribution in [0.4, 0.5) is 4.39 Å². The summed E-state index contributed by atoms with van der Waals surface area (Å²) in [5, 5.41) is 3.12. The SMILES string of the molecule is COC(=O)[C@H](N[C@H]1CCCN(C(C)C)C1=O)c1ccc(F)c(C)c1. The highest BCUT2D eigenvalue weighted by atomic mass is 19.1. The van der Waals surface area contributed by atoms with E-state index in [1.165, 1.54) is 13.2 Å². The Labute approximate surface area is 142 Å². The molecule has 6 heteroatoms. The minimum Gasteiger partial charge on any atom is -0.468 e. The summed E-state index contributed by atoms with van der Waals surface area (Å²) in [6, 6.07) is 3.35. The van der Waals surface area contributed by atoms with E-state index in [9.17, 15) is 14.0 Å². The number of carbonyl (C=O) groups excluding carboxylic acids is 2. The third kappa shape index (κ3) is 3.93. The Morgan fingerprint density at radius 2 is 2.12 bits per heavy atom. The number of nitrogens with zero attached hydrogens (tertiary/aromatic N) is 1.